The van der Waals surface area contributed by atoms with Crippen LogP contribution in [0.5, 0.6) is 0 Å². The van der Waals surface area contributed by atoms with Crippen molar-refractivity contribution < 1.29 is 9.21 Å². The summed E-state index contributed by atoms with van der Waals surface area (Å²) in [7, 11) is 0. The van der Waals surface area contributed by atoms with Crippen molar-refractivity contribution >= 4 is 17.2 Å². The number of hydrogen-bond acceptors (Lipinski definition) is 4. The van der Waals surface area contributed by atoms with Gasteiger partial charge in [0.25, 0.3) is 5.91 Å². The van der Waals surface area contributed by atoms with E-state index in [4.69, 9.17) is 4.42 Å². The largest absolute Gasteiger partial charge is 0.459 e. The molecule has 1 aliphatic carbocycles. The van der Waals surface area contributed by atoms with Gasteiger partial charge in [-0.2, -0.15) is 0 Å². The summed E-state index contributed by atoms with van der Waals surface area (Å²) >= 11 is 1.86. The zero-order valence-electron chi connectivity index (χ0n) is 12.6. The third-order valence-electron chi connectivity index (χ3n) is 4.66. The van der Waals surface area contributed by atoms with Gasteiger partial charge in [0.05, 0.1) is 6.26 Å². The van der Waals surface area contributed by atoms with Gasteiger partial charge in [-0.25, -0.2) is 0 Å². The van der Waals surface area contributed by atoms with E-state index in [1.807, 2.05) is 11.3 Å². The molecule has 5 heteroatoms. The van der Waals surface area contributed by atoms with Gasteiger partial charge in [-0.15, -0.1) is 11.3 Å². The van der Waals surface area contributed by atoms with Crippen molar-refractivity contribution in [3.05, 3.63) is 45.0 Å². The molecule has 0 saturated carbocycles. The monoisotopic (exact) mass is 316 g/mol. The fraction of sp³-hybridized carbons (Fsp3) is 0.471. The van der Waals surface area contributed by atoms with Crippen LogP contribution in [0.4, 0.5) is 0 Å². The summed E-state index contributed by atoms with van der Waals surface area (Å²) in [6.45, 7) is 3.65. The van der Waals surface area contributed by atoms with E-state index in [1.54, 1.807) is 6.26 Å². The fourth-order valence-corrected chi connectivity index (χ4v) is 4.34. The fourth-order valence-electron chi connectivity index (χ4n) is 3.45. The molecule has 2 aromatic heterocycles. The molecule has 22 heavy (non-hydrogen) atoms. The van der Waals surface area contributed by atoms with Crippen molar-refractivity contribution in [1.82, 2.24) is 10.2 Å². The average Bonchev–Trinajstić information content (AvgIpc) is 3.22. The lowest BCUT2D eigenvalue weighted by molar-refractivity contribution is 0.0918. The molecule has 0 unspecified atom stereocenters. The van der Waals surface area contributed by atoms with Crippen molar-refractivity contribution in [2.75, 3.05) is 19.6 Å². The molecule has 0 aromatic carbocycles. The Bertz CT molecular complexity index is 689. The Hall–Kier alpha value is -1.59. The highest BCUT2D eigenvalue weighted by Gasteiger charge is 2.23. The van der Waals surface area contributed by atoms with E-state index in [-0.39, 0.29) is 5.91 Å². The summed E-state index contributed by atoms with van der Waals surface area (Å²) < 4.78 is 5.45. The molecule has 0 bridgehead atoms. The van der Waals surface area contributed by atoms with Gasteiger partial charge >= 0.3 is 0 Å². The second-order valence-electron chi connectivity index (χ2n) is 6.07. The third-order valence-corrected chi connectivity index (χ3v) is 5.68. The lowest BCUT2D eigenvalue weighted by Gasteiger charge is -2.26. The topological polar surface area (TPSA) is 45.5 Å². The van der Waals surface area contributed by atoms with Gasteiger partial charge in [0.2, 0.25) is 0 Å². The Morgan fingerprint density at radius 3 is 3.23 bits per heavy atom. The number of nitrogens with one attached hydrogen (secondary N) is 1. The molecule has 116 valence electrons. The number of furan rings is 1. The van der Waals surface area contributed by atoms with E-state index in [1.165, 1.54) is 16.0 Å². The van der Waals surface area contributed by atoms with Crippen molar-refractivity contribution in [2.45, 2.75) is 32.2 Å². The summed E-state index contributed by atoms with van der Waals surface area (Å²) in [6, 6.07) is 2.22. The molecule has 2 aliphatic rings. The molecule has 0 radical (unpaired) electrons. The van der Waals surface area contributed by atoms with Gasteiger partial charge in [-0.05, 0) is 48.3 Å². The second kappa shape index (κ2) is 5.89. The Kier molecular flexibility index (Phi) is 3.76. The predicted molar refractivity (Wildman–Crippen MR) is 86.4 cm³/mol. The van der Waals surface area contributed by atoms with E-state index in [9.17, 15) is 4.79 Å². The smallest absolute Gasteiger partial charge is 0.287 e. The molecule has 0 fully saturated rings. The molecular weight excluding hydrogens is 296 g/mol. The van der Waals surface area contributed by atoms with E-state index < -0.39 is 0 Å². The summed E-state index contributed by atoms with van der Waals surface area (Å²) in [5, 5.41) is 5.18. The summed E-state index contributed by atoms with van der Waals surface area (Å²) in [6.07, 6.45) is 6.04. The quantitative estimate of drug-likeness (QED) is 0.943. The van der Waals surface area contributed by atoms with Crippen LogP contribution in [0.15, 0.2) is 22.1 Å². The number of carbonyl (C=O) groups is 1. The molecule has 0 atom stereocenters. The number of rotatable bonds is 4. The van der Waals surface area contributed by atoms with Gasteiger partial charge < -0.3 is 9.73 Å². The Morgan fingerprint density at radius 2 is 2.27 bits per heavy atom. The first-order valence-electron chi connectivity index (χ1n) is 7.96. The van der Waals surface area contributed by atoms with E-state index in [0.29, 0.717) is 12.3 Å². The minimum Gasteiger partial charge on any atom is -0.459 e. The molecular formula is C17H20N2O2S. The molecule has 0 saturated heterocycles. The van der Waals surface area contributed by atoms with Crippen LogP contribution in [0.2, 0.25) is 0 Å². The molecule has 1 amide bonds. The first-order valence-corrected chi connectivity index (χ1v) is 8.84. The van der Waals surface area contributed by atoms with Crippen LogP contribution in [0.1, 0.15) is 38.5 Å². The number of hydrogen-bond donors (Lipinski definition) is 1. The first kappa shape index (κ1) is 14.0. The van der Waals surface area contributed by atoms with E-state index in [0.717, 1.165) is 50.9 Å². The summed E-state index contributed by atoms with van der Waals surface area (Å²) in [5.41, 5.74) is 3.79. The van der Waals surface area contributed by atoms with Gasteiger partial charge in [-0.1, -0.05) is 0 Å². The van der Waals surface area contributed by atoms with Gasteiger partial charge in [0, 0.05) is 36.6 Å². The normalized spacial score (nSPS) is 17.3. The van der Waals surface area contributed by atoms with Crippen LogP contribution in [0.3, 0.4) is 0 Å². The molecule has 4 rings (SSSR count). The highest BCUT2D eigenvalue weighted by Crippen LogP contribution is 2.27. The zero-order valence-corrected chi connectivity index (χ0v) is 13.4. The number of fused-ring (bicyclic) bond motifs is 2. The number of nitrogens with zero attached hydrogens (tertiary/aromatic N) is 1. The molecule has 3 heterocycles. The van der Waals surface area contributed by atoms with Crippen LogP contribution in [-0.2, 0) is 25.8 Å². The highest BCUT2D eigenvalue weighted by molar-refractivity contribution is 7.10. The van der Waals surface area contributed by atoms with Crippen LogP contribution < -0.4 is 5.32 Å². The molecule has 0 spiro atoms. The van der Waals surface area contributed by atoms with Crippen LogP contribution in [-0.4, -0.2) is 30.4 Å². The standard InChI is InChI=1S/C17H20N2O2S/c20-17(16-14-3-1-2-13(14)11-21-16)18-6-8-19-7-4-15-12(10-19)5-9-22-15/h5,9,11H,1-4,6-8,10H2,(H,18,20). The molecule has 2 aromatic rings. The molecule has 1 aliphatic heterocycles. The van der Waals surface area contributed by atoms with Crippen molar-refractivity contribution in [3.63, 3.8) is 0 Å². The van der Waals surface area contributed by atoms with Gasteiger partial charge in [0.15, 0.2) is 5.76 Å². The Labute approximate surface area is 134 Å². The minimum absolute atomic E-state index is 0.0589. The third kappa shape index (κ3) is 2.59. The highest BCUT2D eigenvalue weighted by atomic mass is 32.1. The maximum absolute atomic E-state index is 12.2. The zero-order chi connectivity index (χ0) is 14.9. The predicted octanol–water partition coefficient (Wildman–Crippen LogP) is 2.62. The van der Waals surface area contributed by atoms with Crippen molar-refractivity contribution in [3.8, 4) is 0 Å². The van der Waals surface area contributed by atoms with Crippen LogP contribution in [0.25, 0.3) is 0 Å². The van der Waals surface area contributed by atoms with Gasteiger partial charge in [-0.3, -0.25) is 9.69 Å². The number of aryl methyl sites for hydroxylation is 1. The first-order chi connectivity index (χ1) is 10.8. The van der Waals surface area contributed by atoms with Crippen molar-refractivity contribution in [1.29, 1.82) is 0 Å². The number of carbonyl (C=O) groups excluding carboxylic acids is 1. The number of amides is 1. The number of thiophene rings is 1. The summed E-state index contributed by atoms with van der Waals surface area (Å²) in [5.74, 6) is 0.475. The molecule has 4 nitrogen and oxygen atoms in total. The van der Waals surface area contributed by atoms with E-state index >= 15 is 0 Å². The SMILES string of the molecule is O=C(NCCN1CCc2sccc2C1)c1occ2c1CCC2. The maximum Gasteiger partial charge on any atom is 0.287 e. The maximum atomic E-state index is 12.2. The van der Waals surface area contributed by atoms with Crippen LogP contribution >= 0.6 is 11.3 Å². The Balaban J connectivity index is 1.29. The average molecular weight is 316 g/mol. The lowest BCUT2D eigenvalue weighted by atomic mass is 10.1. The lowest BCUT2D eigenvalue weighted by Crippen LogP contribution is -2.37. The van der Waals surface area contributed by atoms with Gasteiger partial charge in [0.1, 0.15) is 0 Å². The Morgan fingerprint density at radius 1 is 1.32 bits per heavy atom. The van der Waals surface area contributed by atoms with E-state index in [2.05, 4.69) is 21.7 Å². The minimum atomic E-state index is -0.0589. The van der Waals surface area contributed by atoms with Crippen molar-refractivity contribution in [2.24, 2.45) is 0 Å². The molecule has 1 N–H and O–H groups in total. The second-order valence-corrected chi connectivity index (χ2v) is 7.07. The summed E-state index contributed by atoms with van der Waals surface area (Å²) in [4.78, 5) is 16.2. The van der Waals surface area contributed by atoms with Crippen LogP contribution in [0, 0.1) is 0 Å².